The van der Waals surface area contributed by atoms with E-state index in [1.165, 1.54) is 0 Å². The van der Waals surface area contributed by atoms with Crippen LogP contribution < -0.4 is 4.74 Å². The number of benzene rings is 2. The number of fused-ring (bicyclic) bond motifs is 1. The first kappa shape index (κ1) is 19.5. The Hall–Kier alpha value is -3.81. The first-order chi connectivity index (χ1) is 14.7. The van der Waals surface area contributed by atoms with Crippen molar-refractivity contribution in [1.29, 1.82) is 0 Å². The Kier molecular flexibility index (Phi) is 5.93. The Bertz CT molecular complexity index is 1130. The molecule has 152 valence electrons. The Labute approximate surface area is 172 Å². The molecular formula is C22H21N5O3. The summed E-state index contributed by atoms with van der Waals surface area (Å²) < 4.78 is 5.90. The van der Waals surface area contributed by atoms with Crippen LogP contribution in [0.4, 0.5) is 0 Å². The van der Waals surface area contributed by atoms with Crippen LogP contribution in [0.15, 0.2) is 60.7 Å². The molecule has 0 spiro atoms. The van der Waals surface area contributed by atoms with Crippen molar-refractivity contribution in [3.05, 3.63) is 77.7 Å². The van der Waals surface area contributed by atoms with Crippen LogP contribution in [0.2, 0.25) is 0 Å². The molecule has 2 N–H and O–H groups in total. The number of carboxylic acid groups (broad SMARTS) is 1. The van der Waals surface area contributed by atoms with Gasteiger partial charge in [-0.15, -0.1) is 10.2 Å². The molecule has 0 fully saturated rings. The van der Waals surface area contributed by atoms with Gasteiger partial charge in [0.1, 0.15) is 12.4 Å². The number of para-hydroxylation sites is 1. The highest BCUT2D eigenvalue weighted by Crippen LogP contribution is 2.20. The van der Waals surface area contributed by atoms with Crippen LogP contribution in [0.25, 0.3) is 10.9 Å². The zero-order valence-electron chi connectivity index (χ0n) is 16.2. The van der Waals surface area contributed by atoms with Crippen LogP contribution >= 0.6 is 0 Å². The highest BCUT2D eigenvalue weighted by Gasteiger charge is 2.19. The fraction of sp³-hybridized carbons (Fsp3) is 0.227. The first-order valence-electron chi connectivity index (χ1n) is 9.69. The molecule has 30 heavy (non-hydrogen) atoms. The van der Waals surface area contributed by atoms with Gasteiger partial charge in [-0.05, 0) is 42.7 Å². The van der Waals surface area contributed by atoms with Crippen molar-refractivity contribution in [3.8, 4) is 5.75 Å². The second kappa shape index (κ2) is 9.13. The second-order valence-electron chi connectivity index (χ2n) is 7.04. The van der Waals surface area contributed by atoms with Gasteiger partial charge in [0.05, 0.1) is 17.1 Å². The van der Waals surface area contributed by atoms with Gasteiger partial charge >= 0.3 is 5.97 Å². The smallest absolute Gasteiger partial charge is 0.306 e. The van der Waals surface area contributed by atoms with E-state index >= 15 is 0 Å². The van der Waals surface area contributed by atoms with Crippen LogP contribution in [0.3, 0.4) is 0 Å². The molecule has 2 heterocycles. The Balaban J connectivity index is 1.38. The predicted octanol–water partition coefficient (Wildman–Crippen LogP) is 3.20. The minimum Gasteiger partial charge on any atom is -0.487 e. The van der Waals surface area contributed by atoms with Gasteiger partial charge in [0.2, 0.25) is 0 Å². The number of H-pyrrole nitrogens is 1. The third kappa shape index (κ3) is 4.96. The minimum absolute atomic E-state index is 0.342. The monoisotopic (exact) mass is 403 g/mol. The van der Waals surface area contributed by atoms with Crippen molar-refractivity contribution in [2.24, 2.45) is 5.92 Å². The summed E-state index contributed by atoms with van der Waals surface area (Å²) in [6.07, 6.45) is 1.29. The number of ether oxygens (including phenoxy) is 1. The van der Waals surface area contributed by atoms with E-state index in [-0.39, 0.29) is 0 Å². The van der Waals surface area contributed by atoms with E-state index in [2.05, 4.69) is 25.6 Å². The Morgan fingerprint density at radius 1 is 1.10 bits per heavy atom. The van der Waals surface area contributed by atoms with E-state index in [1.54, 1.807) is 0 Å². The van der Waals surface area contributed by atoms with Gasteiger partial charge in [0, 0.05) is 11.8 Å². The second-order valence-corrected chi connectivity index (χ2v) is 7.04. The van der Waals surface area contributed by atoms with E-state index in [0.29, 0.717) is 37.4 Å². The molecular weight excluding hydrogens is 382 g/mol. The van der Waals surface area contributed by atoms with E-state index in [4.69, 9.17) is 4.74 Å². The fourth-order valence-electron chi connectivity index (χ4n) is 3.30. The number of aliphatic carboxylic acids is 1. The number of carbonyl (C=O) groups is 1. The van der Waals surface area contributed by atoms with E-state index in [9.17, 15) is 9.90 Å². The van der Waals surface area contributed by atoms with Gasteiger partial charge in [-0.25, -0.2) is 4.98 Å². The number of nitrogens with one attached hydrogen (secondary N) is 1. The number of pyridine rings is 1. The minimum atomic E-state index is -0.842. The molecule has 0 saturated carbocycles. The highest BCUT2D eigenvalue weighted by atomic mass is 16.5. The summed E-state index contributed by atoms with van der Waals surface area (Å²) in [5.74, 6) is -0.183. The number of aromatic amines is 1. The number of rotatable bonds is 9. The van der Waals surface area contributed by atoms with Crippen molar-refractivity contribution in [2.75, 3.05) is 0 Å². The van der Waals surface area contributed by atoms with E-state index in [1.807, 2.05) is 60.7 Å². The zero-order chi connectivity index (χ0) is 20.8. The molecule has 4 aromatic rings. The predicted molar refractivity (Wildman–Crippen MR) is 110 cm³/mol. The van der Waals surface area contributed by atoms with E-state index in [0.717, 1.165) is 22.2 Å². The van der Waals surface area contributed by atoms with Crippen molar-refractivity contribution in [2.45, 2.75) is 25.9 Å². The van der Waals surface area contributed by atoms with Gasteiger partial charge in [0.15, 0.2) is 5.82 Å². The maximum Gasteiger partial charge on any atom is 0.306 e. The molecule has 0 bridgehead atoms. The lowest BCUT2D eigenvalue weighted by Crippen LogP contribution is -2.17. The number of tetrazole rings is 1. The molecule has 8 heteroatoms. The molecule has 0 aliphatic rings. The highest BCUT2D eigenvalue weighted by molar-refractivity contribution is 5.78. The molecule has 0 amide bonds. The van der Waals surface area contributed by atoms with Crippen molar-refractivity contribution in [3.63, 3.8) is 0 Å². The SMILES string of the molecule is O=C(O)C(CCc1nn[nH]n1)Cc1cccc(OCc2ccc3ccccc3n2)c1. The molecule has 2 aromatic heterocycles. The van der Waals surface area contributed by atoms with Crippen molar-refractivity contribution >= 4 is 16.9 Å². The van der Waals surface area contributed by atoms with Crippen LogP contribution in [0.5, 0.6) is 5.75 Å². The van der Waals surface area contributed by atoms with Crippen molar-refractivity contribution in [1.82, 2.24) is 25.6 Å². The van der Waals surface area contributed by atoms with E-state index < -0.39 is 11.9 Å². The van der Waals surface area contributed by atoms with Crippen LogP contribution in [0.1, 0.15) is 23.5 Å². The third-order valence-corrected chi connectivity index (χ3v) is 4.88. The summed E-state index contributed by atoms with van der Waals surface area (Å²) in [7, 11) is 0. The summed E-state index contributed by atoms with van der Waals surface area (Å²) in [4.78, 5) is 16.3. The number of hydrogen-bond acceptors (Lipinski definition) is 6. The van der Waals surface area contributed by atoms with Gasteiger partial charge in [-0.1, -0.05) is 41.6 Å². The van der Waals surface area contributed by atoms with Gasteiger partial charge in [0.25, 0.3) is 0 Å². The maximum atomic E-state index is 11.7. The molecule has 4 rings (SSSR count). The van der Waals surface area contributed by atoms with Gasteiger partial charge in [-0.3, -0.25) is 4.79 Å². The maximum absolute atomic E-state index is 11.7. The number of hydrogen-bond donors (Lipinski definition) is 2. The standard InChI is InChI=1S/C22H21N5O3/c28-22(29)17(9-11-21-24-26-27-25-21)12-15-4-3-6-19(13-15)30-14-18-10-8-16-5-1-2-7-20(16)23-18/h1-8,10,13,17H,9,11-12,14H2,(H,28,29)(H,24,25,26,27). The van der Waals surface area contributed by atoms with Crippen LogP contribution in [0, 0.1) is 5.92 Å². The summed E-state index contributed by atoms with van der Waals surface area (Å²) >= 11 is 0. The molecule has 1 unspecified atom stereocenters. The first-order valence-corrected chi connectivity index (χ1v) is 9.69. The fourth-order valence-corrected chi connectivity index (χ4v) is 3.30. The van der Waals surface area contributed by atoms with Gasteiger partial charge < -0.3 is 9.84 Å². The molecule has 8 nitrogen and oxygen atoms in total. The number of nitrogens with zero attached hydrogens (tertiary/aromatic N) is 4. The molecule has 1 atom stereocenters. The lowest BCUT2D eigenvalue weighted by atomic mass is 9.94. The third-order valence-electron chi connectivity index (χ3n) is 4.88. The quantitative estimate of drug-likeness (QED) is 0.441. The summed E-state index contributed by atoms with van der Waals surface area (Å²) in [6.45, 7) is 0.342. The number of aryl methyl sites for hydroxylation is 1. The summed E-state index contributed by atoms with van der Waals surface area (Å²) in [5, 5.41) is 24.3. The average molecular weight is 403 g/mol. The largest absolute Gasteiger partial charge is 0.487 e. The Morgan fingerprint density at radius 3 is 2.83 bits per heavy atom. The Morgan fingerprint density at radius 2 is 2.00 bits per heavy atom. The topological polar surface area (TPSA) is 114 Å². The number of carboxylic acids is 1. The number of aromatic nitrogens is 5. The summed E-state index contributed by atoms with van der Waals surface area (Å²) in [6, 6.07) is 19.4. The zero-order valence-corrected chi connectivity index (χ0v) is 16.2. The van der Waals surface area contributed by atoms with Gasteiger partial charge in [-0.2, -0.15) is 5.21 Å². The average Bonchev–Trinajstić information content (AvgIpc) is 3.29. The lowest BCUT2D eigenvalue weighted by molar-refractivity contribution is -0.141. The molecule has 0 aliphatic carbocycles. The normalized spacial score (nSPS) is 12.0. The van der Waals surface area contributed by atoms with Crippen LogP contribution in [-0.2, 0) is 24.2 Å². The lowest BCUT2D eigenvalue weighted by Gasteiger charge is -2.13. The summed E-state index contributed by atoms with van der Waals surface area (Å²) in [5.41, 5.74) is 2.67. The van der Waals surface area contributed by atoms with Crippen LogP contribution in [-0.4, -0.2) is 36.7 Å². The molecule has 0 radical (unpaired) electrons. The molecule has 0 aliphatic heterocycles. The molecule has 0 saturated heterocycles. The van der Waals surface area contributed by atoms with Crippen molar-refractivity contribution < 1.29 is 14.6 Å². The molecule has 2 aromatic carbocycles.